The van der Waals surface area contributed by atoms with Gasteiger partial charge in [-0.1, -0.05) is 225 Å². The second-order valence-electron chi connectivity index (χ2n) is 16.2. The SMILES string of the molecule is C=C(c1nc(C(=O)c2ccc(-c3ccccc3)cc2)nc(C(=O)c2ccc(-c3ccccc3)cc2)n1)c1nc(C(=O)c2ccc(-c3ccccc3)cc2)nc(C(=O)c2ccc(-c3ccccc3)cc2)n1. The Balaban J connectivity index is 1.05. The topological polar surface area (TPSA) is 146 Å². The van der Waals surface area contributed by atoms with E-state index in [2.05, 4.69) is 36.5 Å². The van der Waals surface area contributed by atoms with Gasteiger partial charge in [0.05, 0.1) is 5.57 Å². The van der Waals surface area contributed by atoms with E-state index in [1.54, 1.807) is 48.5 Å². The van der Waals surface area contributed by atoms with Gasteiger partial charge < -0.3 is 0 Å². The minimum atomic E-state index is -0.593. The minimum Gasteiger partial charge on any atom is -0.285 e. The number of hydrogen-bond acceptors (Lipinski definition) is 10. The van der Waals surface area contributed by atoms with Gasteiger partial charge in [-0.05, 0) is 44.5 Å². The van der Waals surface area contributed by atoms with Crippen molar-refractivity contribution in [1.29, 1.82) is 0 Å². The van der Waals surface area contributed by atoms with E-state index in [1.807, 2.05) is 170 Å². The standard InChI is InChI=1S/C60H38N6O4/c1-38(55-61-57(51(67)47-30-22-43(23-31-47)39-14-6-2-7-15-39)65-58(62-55)52(68)48-32-24-44(25-33-48)40-16-8-3-9-17-40)56-63-59(53(69)49-34-26-45(27-35-49)41-18-10-4-11-19-41)66-60(64-56)54(70)50-36-28-46(29-37-50)42-20-12-5-13-21-42/h2-37H,1H2. The Labute approximate surface area is 402 Å². The molecular weight excluding hydrogens is 869 g/mol. The Morgan fingerprint density at radius 2 is 0.400 bits per heavy atom. The molecule has 0 fully saturated rings. The molecule has 0 atom stereocenters. The first-order chi connectivity index (χ1) is 34.3. The molecule has 0 bridgehead atoms. The molecule has 0 saturated heterocycles. The lowest BCUT2D eigenvalue weighted by molar-refractivity contribution is 0.100. The summed E-state index contributed by atoms with van der Waals surface area (Å²) in [5.74, 6) is -4.22. The third-order valence-corrected chi connectivity index (χ3v) is 11.6. The Hall–Kier alpha value is -9.80. The van der Waals surface area contributed by atoms with Crippen LogP contribution >= 0.6 is 0 Å². The van der Waals surface area contributed by atoms with Gasteiger partial charge in [-0.3, -0.25) is 19.2 Å². The summed E-state index contributed by atoms with van der Waals surface area (Å²) < 4.78 is 0. The lowest BCUT2D eigenvalue weighted by Gasteiger charge is -2.11. The summed E-state index contributed by atoms with van der Waals surface area (Å²) in [5, 5.41) is 0. The molecule has 0 N–H and O–H groups in total. The van der Waals surface area contributed by atoms with E-state index in [4.69, 9.17) is 0 Å². The molecule has 70 heavy (non-hydrogen) atoms. The van der Waals surface area contributed by atoms with Gasteiger partial charge in [0, 0.05) is 22.3 Å². The Bertz CT molecular complexity index is 3100. The lowest BCUT2D eigenvalue weighted by Crippen LogP contribution is -2.19. The minimum absolute atomic E-state index is 0.103. The highest BCUT2D eigenvalue weighted by atomic mass is 16.1. The molecule has 332 valence electrons. The predicted molar refractivity (Wildman–Crippen MR) is 269 cm³/mol. The fourth-order valence-corrected chi connectivity index (χ4v) is 7.82. The molecule has 0 aliphatic carbocycles. The van der Waals surface area contributed by atoms with Crippen LogP contribution in [0.4, 0.5) is 0 Å². The van der Waals surface area contributed by atoms with Crippen molar-refractivity contribution < 1.29 is 19.2 Å². The fraction of sp³-hybridized carbons (Fsp3) is 0. The molecule has 0 aliphatic heterocycles. The molecular formula is C60H38N6O4. The lowest BCUT2D eigenvalue weighted by atomic mass is 10.0. The van der Waals surface area contributed by atoms with Crippen LogP contribution in [0.15, 0.2) is 225 Å². The Morgan fingerprint density at radius 1 is 0.229 bits per heavy atom. The number of hydrogen-bond donors (Lipinski definition) is 0. The second kappa shape index (κ2) is 19.6. The number of aromatic nitrogens is 6. The number of nitrogens with zero attached hydrogens (tertiary/aromatic N) is 6. The number of carbonyl (C=O) groups is 4. The summed E-state index contributed by atoms with van der Waals surface area (Å²) in [7, 11) is 0. The molecule has 0 saturated carbocycles. The number of ketones is 4. The summed E-state index contributed by atoms with van der Waals surface area (Å²) in [6, 6.07) is 66.7. The van der Waals surface area contributed by atoms with Crippen LogP contribution in [0.1, 0.15) is 76.4 Å². The maximum absolute atomic E-state index is 14.3. The summed E-state index contributed by atoms with van der Waals surface area (Å²) in [5.41, 5.74) is 8.34. The first-order valence-electron chi connectivity index (χ1n) is 22.3. The third-order valence-electron chi connectivity index (χ3n) is 11.6. The highest BCUT2D eigenvalue weighted by Crippen LogP contribution is 2.26. The largest absolute Gasteiger partial charge is 0.285 e. The van der Waals surface area contributed by atoms with Crippen LogP contribution in [0.3, 0.4) is 0 Å². The van der Waals surface area contributed by atoms with Gasteiger partial charge >= 0.3 is 0 Å². The molecule has 10 nitrogen and oxygen atoms in total. The molecule has 10 heteroatoms. The second-order valence-corrected chi connectivity index (χ2v) is 16.2. The summed E-state index contributed by atoms with van der Waals surface area (Å²) >= 11 is 0. The van der Waals surface area contributed by atoms with Crippen LogP contribution in [-0.4, -0.2) is 53.0 Å². The molecule has 0 amide bonds. The van der Waals surface area contributed by atoms with Gasteiger partial charge in [-0.15, -0.1) is 0 Å². The molecule has 8 aromatic carbocycles. The molecule has 0 radical (unpaired) electrons. The zero-order valence-electron chi connectivity index (χ0n) is 37.3. The Kier molecular flexibility index (Phi) is 12.3. The predicted octanol–water partition coefficient (Wildman–Crippen LogP) is 11.7. The third kappa shape index (κ3) is 9.42. The van der Waals surface area contributed by atoms with Crippen LogP contribution in [0.25, 0.3) is 50.1 Å². The maximum Gasteiger partial charge on any atom is 0.230 e. The van der Waals surface area contributed by atoms with Crippen molar-refractivity contribution >= 4 is 28.7 Å². The van der Waals surface area contributed by atoms with E-state index in [0.29, 0.717) is 0 Å². The zero-order chi connectivity index (χ0) is 48.0. The van der Waals surface area contributed by atoms with Crippen molar-refractivity contribution in [3.8, 4) is 44.5 Å². The van der Waals surface area contributed by atoms with Crippen molar-refractivity contribution in [1.82, 2.24) is 29.9 Å². The first kappa shape index (κ1) is 44.1. The maximum atomic E-state index is 14.3. The first-order valence-corrected chi connectivity index (χ1v) is 22.3. The van der Waals surface area contributed by atoms with Crippen LogP contribution in [0.2, 0.25) is 0 Å². The van der Waals surface area contributed by atoms with E-state index >= 15 is 0 Å². The van der Waals surface area contributed by atoms with E-state index < -0.39 is 23.1 Å². The molecule has 2 heterocycles. The monoisotopic (exact) mass is 906 g/mol. The fourth-order valence-electron chi connectivity index (χ4n) is 7.82. The van der Waals surface area contributed by atoms with E-state index in [9.17, 15) is 19.2 Å². The van der Waals surface area contributed by atoms with Crippen LogP contribution in [-0.2, 0) is 0 Å². The molecule has 2 aromatic heterocycles. The van der Waals surface area contributed by atoms with Crippen molar-refractivity contribution in [2.75, 3.05) is 0 Å². The normalized spacial score (nSPS) is 10.9. The summed E-state index contributed by atoms with van der Waals surface area (Å²) in [6.45, 7) is 4.22. The van der Waals surface area contributed by atoms with Gasteiger partial charge in [0.2, 0.25) is 46.4 Å². The summed E-state index contributed by atoms with van der Waals surface area (Å²) in [4.78, 5) is 84.3. The number of carbonyl (C=O) groups excluding carboxylic acids is 4. The van der Waals surface area contributed by atoms with Crippen LogP contribution in [0.5, 0.6) is 0 Å². The molecule has 0 unspecified atom stereocenters. The highest BCUT2D eigenvalue weighted by molar-refractivity contribution is 6.11. The molecule has 10 aromatic rings. The van der Waals surface area contributed by atoms with E-state index in [1.165, 1.54) is 0 Å². The highest BCUT2D eigenvalue weighted by Gasteiger charge is 2.26. The van der Waals surface area contributed by atoms with E-state index in [-0.39, 0.29) is 62.8 Å². The Morgan fingerprint density at radius 3 is 0.600 bits per heavy atom. The van der Waals surface area contributed by atoms with Gasteiger partial charge in [-0.25, -0.2) is 29.9 Å². The van der Waals surface area contributed by atoms with Crippen molar-refractivity contribution in [3.63, 3.8) is 0 Å². The number of rotatable bonds is 14. The van der Waals surface area contributed by atoms with E-state index in [0.717, 1.165) is 44.5 Å². The van der Waals surface area contributed by atoms with Gasteiger partial charge in [0.15, 0.2) is 11.6 Å². The van der Waals surface area contributed by atoms with Gasteiger partial charge in [-0.2, -0.15) is 0 Å². The molecule has 0 aliphatic rings. The zero-order valence-corrected chi connectivity index (χ0v) is 37.3. The van der Waals surface area contributed by atoms with Gasteiger partial charge in [0.25, 0.3) is 0 Å². The van der Waals surface area contributed by atoms with Crippen molar-refractivity contribution in [3.05, 3.63) is 282 Å². The quantitative estimate of drug-likeness (QED) is 0.0966. The van der Waals surface area contributed by atoms with Crippen LogP contribution < -0.4 is 0 Å². The van der Waals surface area contributed by atoms with Gasteiger partial charge in [0.1, 0.15) is 0 Å². The smallest absolute Gasteiger partial charge is 0.230 e. The van der Waals surface area contributed by atoms with Crippen molar-refractivity contribution in [2.45, 2.75) is 0 Å². The average molecular weight is 907 g/mol. The molecule has 0 spiro atoms. The average Bonchev–Trinajstić information content (AvgIpc) is 3.45. The summed E-state index contributed by atoms with van der Waals surface area (Å²) in [6.07, 6.45) is 0. The molecule has 10 rings (SSSR count). The van der Waals surface area contributed by atoms with Crippen molar-refractivity contribution in [2.24, 2.45) is 0 Å². The number of benzene rings is 8. The van der Waals surface area contributed by atoms with Crippen LogP contribution in [0, 0.1) is 0 Å².